The third kappa shape index (κ3) is 1.61. The number of carbonyl (C=O) groups is 1. The zero-order valence-electron chi connectivity index (χ0n) is 11.4. The summed E-state index contributed by atoms with van der Waals surface area (Å²) in [6, 6.07) is 1.38. The summed E-state index contributed by atoms with van der Waals surface area (Å²) >= 11 is 1.40. The number of carboxylic acid groups (broad SMARTS) is 1. The van der Waals surface area contributed by atoms with E-state index < -0.39 is 11.5 Å². The van der Waals surface area contributed by atoms with Gasteiger partial charge in [-0.1, -0.05) is 11.8 Å². The van der Waals surface area contributed by atoms with Gasteiger partial charge in [-0.25, -0.2) is 14.8 Å². The molecule has 108 valence electrons. The van der Waals surface area contributed by atoms with Crippen molar-refractivity contribution in [3.05, 3.63) is 28.2 Å². The largest absolute Gasteiger partial charge is 0.477 e. The third-order valence-electron chi connectivity index (χ3n) is 4.61. The van der Waals surface area contributed by atoms with Gasteiger partial charge >= 0.3 is 5.97 Å². The van der Waals surface area contributed by atoms with Gasteiger partial charge in [0.05, 0.1) is 5.54 Å². The molecule has 0 atom stereocenters. The summed E-state index contributed by atoms with van der Waals surface area (Å²) in [5.41, 5.74) is -0.302. The zero-order chi connectivity index (χ0) is 14.8. The smallest absolute Gasteiger partial charge is 0.341 e. The minimum Gasteiger partial charge on any atom is -0.477 e. The van der Waals surface area contributed by atoms with Crippen molar-refractivity contribution in [1.29, 1.82) is 0 Å². The number of aromatic carboxylic acids is 1. The molecule has 0 spiro atoms. The van der Waals surface area contributed by atoms with Gasteiger partial charge in [-0.05, 0) is 37.5 Å². The van der Waals surface area contributed by atoms with E-state index in [1.54, 1.807) is 10.8 Å². The van der Waals surface area contributed by atoms with Crippen LogP contribution in [0.4, 0.5) is 0 Å². The molecule has 3 aliphatic carbocycles. The maximum atomic E-state index is 12.6. The molecule has 0 radical (unpaired) electrons. The van der Waals surface area contributed by atoms with Crippen molar-refractivity contribution in [3.8, 4) is 0 Å². The van der Waals surface area contributed by atoms with Gasteiger partial charge in [0.15, 0.2) is 5.16 Å². The van der Waals surface area contributed by atoms with Gasteiger partial charge in [0, 0.05) is 11.6 Å². The lowest BCUT2D eigenvalue weighted by Crippen LogP contribution is -2.62. The Bertz CT molecular complexity index is 828. The Morgan fingerprint density at radius 1 is 1.48 bits per heavy atom. The van der Waals surface area contributed by atoms with E-state index in [9.17, 15) is 14.7 Å². The molecule has 7 heteroatoms. The van der Waals surface area contributed by atoms with E-state index in [2.05, 4.69) is 9.97 Å². The van der Waals surface area contributed by atoms with E-state index in [0.717, 1.165) is 19.3 Å². The van der Waals surface area contributed by atoms with Gasteiger partial charge in [0.25, 0.3) is 5.56 Å². The third-order valence-corrected chi connectivity index (χ3v) is 5.17. The van der Waals surface area contributed by atoms with Crippen LogP contribution < -0.4 is 5.56 Å². The molecule has 1 N–H and O–H groups in total. The summed E-state index contributed by atoms with van der Waals surface area (Å²) in [6.45, 7) is 0. The first-order chi connectivity index (χ1) is 10.0. The SMILES string of the molecule is CSc1ncc2cc(C(=O)O)c(=O)n(C34CC(C3)C4)c2n1. The second-order valence-electron chi connectivity index (χ2n) is 5.84. The van der Waals surface area contributed by atoms with Gasteiger partial charge in [-0.2, -0.15) is 0 Å². The van der Waals surface area contributed by atoms with Crippen LogP contribution in [0.3, 0.4) is 0 Å². The van der Waals surface area contributed by atoms with E-state index >= 15 is 0 Å². The molecule has 0 aromatic carbocycles. The van der Waals surface area contributed by atoms with Crippen molar-refractivity contribution in [1.82, 2.24) is 14.5 Å². The topological polar surface area (TPSA) is 85.1 Å². The molecule has 3 aliphatic rings. The average Bonchev–Trinajstić information content (AvgIpc) is 2.37. The number of aromatic nitrogens is 3. The minimum atomic E-state index is -1.20. The van der Waals surface area contributed by atoms with E-state index in [1.165, 1.54) is 17.8 Å². The molecule has 0 saturated heterocycles. The molecular formula is C14H13N3O3S. The predicted octanol–water partition coefficient (Wildman–Crippen LogP) is 1.72. The summed E-state index contributed by atoms with van der Waals surface area (Å²) in [5.74, 6) is -0.515. The van der Waals surface area contributed by atoms with Crippen LogP contribution in [0.5, 0.6) is 0 Å². The molecule has 3 saturated carbocycles. The Morgan fingerprint density at radius 2 is 2.19 bits per heavy atom. The number of nitrogens with zero attached hydrogens (tertiary/aromatic N) is 3. The molecule has 2 aromatic rings. The molecule has 2 bridgehead atoms. The highest BCUT2D eigenvalue weighted by Gasteiger charge is 2.59. The first-order valence-corrected chi connectivity index (χ1v) is 7.97. The molecule has 5 rings (SSSR count). The standard InChI is InChI=1S/C14H13N3O3S/c1-21-13-15-6-8-2-9(12(19)20)11(18)17(10(8)16-13)14-3-7(4-14)5-14/h2,6-7H,3-5H2,1H3,(H,19,20). The Kier molecular flexibility index (Phi) is 2.48. The lowest BCUT2D eigenvalue weighted by molar-refractivity contribution is -0.0885. The van der Waals surface area contributed by atoms with Crippen LogP contribution in [0.15, 0.2) is 22.2 Å². The summed E-state index contributed by atoms with van der Waals surface area (Å²) in [7, 11) is 0. The Balaban J connectivity index is 2.08. The van der Waals surface area contributed by atoms with Crippen molar-refractivity contribution in [2.75, 3.05) is 6.26 Å². The molecule has 0 unspecified atom stereocenters. The Hall–Kier alpha value is -1.89. The van der Waals surface area contributed by atoms with E-state index in [0.29, 0.717) is 22.1 Å². The van der Waals surface area contributed by atoms with Gasteiger partial charge < -0.3 is 5.11 Å². The molecule has 2 aromatic heterocycles. The van der Waals surface area contributed by atoms with Crippen LogP contribution in [0, 0.1) is 5.92 Å². The Morgan fingerprint density at radius 3 is 2.71 bits per heavy atom. The number of carboxylic acids is 1. The number of pyridine rings is 1. The van der Waals surface area contributed by atoms with Crippen LogP contribution in [-0.4, -0.2) is 31.9 Å². The quantitative estimate of drug-likeness (QED) is 0.686. The monoisotopic (exact) mass is 303 g/mol. The van der Waals surface area contributed by atoms with Crippen molar-refractivity contribution in [2.24, 2.45) is 5.92 Å². The molecule has 3 fully saturated rings. The molecule has 2 heterocycles. The maximum absolute atomic E-state index is 12.6. The normalized spacial score (nSPS) is 26.2. The average molecular weight is 303 g/mol. The van der Waals surface area contributed by atoms with Crippen LogP contribution in [-0.2, 0) is 5.54 Å². The first kappa shape index (κ1) is 12.8. The lowest BCUT2D eigenvalue weighted by atomic mass is 9.49. The van der Waals surface area contributed by atoms with Gasteiger partial charge in [-0.15, -0.1) is 0 Å². The summed E-state index contributed by atoms with van der Waals surface area (Å²) in [5, 5.41) is 10.5. The predicted molar refractivity (Wildman–Crippen MR) is 77.9 cm³/mol. The van der Waals surface area contributed by atoms with Crippen LogP contribution >= 0.6 is 11.8 Å². The molecule has 6 nitrogen and oxygen atoms in total. The number of hydrogen-bond acceptors (Lipinski definition) is 5. The van der Waals surface area contributed by atoms with Crippen molar-refractivity contribution in [3.63, 3.8) is 0 Å². The van der Waals surface area contributed by atoms with Crippen molar-refractivity contribution < 1.29 is 9.90 Å². The zero-order valence-corrected chi connectivity index (χ0v) is 12.2. The fourth-order valence-corrected chi connectivity index (χ4v) is 3.82. The first-order valence-electron chi connectivity index (χ1n) is 6.75. The van der Waals surface area contributed by atoms with Gasteiger partial charge in [0.1, 0.15) is 11.2 Å². The van der Waals surface area contributed by atoms with Crippen molar-refractivity contribution >= 4 is 28.8 Å². The number of thioether (sulfide) groups is 1. The molecule has 0 amide bonds. The van der Waals surface area contributed by atoms with E-state index in [4.69, 9.17) is 0 Å². The highest BCUT2D eigenvalue weighted by atomic mass is 32.2. The molecule has 0 aliphatic heterocycles. The fraction of sp³-hybridized carbons (Fsp3) is 0.429. The Labute approximate surface area is 124 Å². The summed E-state index contributed by atoms with van der Waals surface area (Å²) in [4.78, 5) is 32.6. The maximum Gasteiger partial charge on any atom is 0.341 e. The second-order valence-corrected chi connectivity index (χ2v) is 6.62. The van der Waals surface area contributed by atoms with Crippen LogP contribution in [0.2, 0.25) is 0 Å². The van der Waals surface area contributed by atoms with Gasteiger partial charge in [0.2, 0.25) is 0 Å². The van der Waals surface area contributed by atoms with Gasteiger partial charge in [-0.3, -0.25) is 9.36 Å². The van der Waals surface area contributed by atoms with Crippen LogP contribution in [0.1, 0.15) is 29.6 Å². The molecule has 21 heavy (non-hydrogen) atoms. The highest BCUT2D eigenvalue weighted by molar-refractivity contribution is 7.98. The minimum absolute atomic E-state index is 0.201. The number of fused-ring (bicyclic) bond motifs is 1. The number of rotatable bonds is 3. The van der Waals surface area contributed by atoms with Crippen molar-refractivity contribution in [2.45, 2.75) is 30.0 Å². The molecular weight excluding hydrogens is 290 g/mol. The lowest BCUT2D eigenvalue weighted by Gasteiger charge is -2.62. The number of hydrogen-bond donors (Lipinski definition) is 1. The summed E-state index contributed by atoms with van der Waals surface area (Å²) in [6.07, 6.45) is 6.31. The summed E-state index contributed by atoms with van der Waals surface area (Å²) < 4.78 is 1.62. The highest BCUT2D eigenvalue weighted by Crippen LogP contribution is 2.62. The second kappa shape index (κ2) is 4.07. The van der Waals surface area contributed by atoms with Crippen LogP contribution in [0.25, 0.3) is 11.0 Å². The van der Waals surface area contributed by atoms with E-state index in [1.807, 2.05) is 6.26 Å². The van der Waals surface area contributed by atoms with E-state index in [-0.39, 0.29) is 11.1 Å². The fourth-order valence-electron chi connectivity index (χ4n) is 3.48.